The first-order chi connectivity index (χ1) is 22.0. The molecule has 3 nitrogen and oxygen atoms in total. The van der Waals surface area contributed by atoms with Gasteiger partial charge in [-0.1, -0.05) is 99.8 Å². The van der Waals surface area contributed by atoms with E-state index in [4.69, 9.17) is 9.40 Å². The molecule has 0 saturated heterocycles. The molecular weight excluding hydrogens is 548 g/mol. The van der Waals surface area contributed by atoms with Crippen LogP contribution >= 0.6 is 0 Å². The molecule has 1 aliphatic carbocycles. The zero-order valence-electron chi connectivity index (χ0n) is 25.3. The van der Waals surface area contributed by atoms with Crippen molar-refractivity contribution in [2.75, 3.05) is 0 Å². The molecule has 0 bridgehead atoms. The molecular formula is C42H30N2O. The molecule has 3 heterocycles. The highest BCUT2D eigenvalue weighted by molar-refractivity contribution is 6.12. The third-order valence-electron chi connectivity index (χ3n) is 9.76. The van der Waals surface area contributed by atoms with Crippen molar-refractivity contribution in [2.24, 2.45) is 0 Å². The van der Waals surface area contributed by atoms with E-state index in [1.807, 2.05) is 24.3 Å². The predicted octanol–water partition coefficient (Wildman–Crippen LogP) is 11.3. The van der Waals surface area contributed by atoms with Gasteiger partial charge in [0.05, 0.1) is 16.7 Å². The Balaban J connectivity index is 1.28. The van der Waals surface area contributed by atoms with Crippen LogP contribution in [-0.4, -0.2) is 9.55 Å². The third kappa shape index (κ3) is 3.44. The van der Waals surface area contributed by atoms with Crippen LogP contribution in [0, 0.1) is 0 Å². The summed E-state index contributed by atoms with van der Waals surface area (Å²) in [5.74, 6) is 0. The summed E-state index contributed by atoms with van der Waals surface area (Å²) in [4.78, 5) is 4.93. The van der Waals surface area contributed by atoms with Gasteiger partial charge < -0.3 is 8.98 Å². The van der Waals surface area contributed by atoms with Gasteiger partial charge in [0.15, 0.2) is 5.58 Å². The zero-order chi connectivity index (χ0) is 30.4. The summed E-state index contributed by atoms with van der Waals surface area (Å²) in [6.45, 7) is 12.9. The van der Waals surface area contributed by atoms with Gasteiger partial charge in [-0.3, -0.25) is 0 Å². The molecule has 0 radical (unpaired) electrons. The van der Waals surface area contributed by atoms with Gasteiger partial charge in [0.2, 0.25) is 0 Å². The topological polar surface area (TPSA) is 31.0 Å². The van der Waals surface area contributed by atoms with Crippen LogP contribution in [0.3, 0.4) is 0 Å². The van der Waals surface area contributed by atoms with Crippen molar-refractivity contribution >= 4 is 56.0 Å². The first-order valence-corrected chi connectivity index (χ1v) is 15.4. The van der Waals surface area contributed by atoms with Crippen molar-refractivity contribution in [1.82, 2.24) is 9.55 Å². The van der Waals surface area contributed by atoms with Crippen molar-refractivity contribution in [3.8, 4) is 27.9 Å². The van der Waals surface area contributed by atoms with Crippen molar-refractivity contribution < 1.29 is 4.42 Å². The highest BCUT2D eigenvalue weighted by atomic mass is 16.3. The average molecular weight is 579 g/mol. The number of hydrogen-bond acceptors (Lipinski definition) is 2. The lowest BCUT2D eigenvalue weighted by atomic mass is 9.82. The standard InChI is InChI=1S/C42H30N2O/c1-5-27-35(6-2)43-40-30-15-9-12-18-38(30)45-41(40)39(27)25-19-21-26(22-20-25)44-36-17-11-8-14-29(36)32-23-31-28-13-7-10-16-33(28)42(3,4)34(31)24-37(32)44/h5-24H,1-2H2,3-4H3. The minimum absolute atomic E-state index is 0.0749. The maximum absolute atomic E-state index is 6.44. The first-order valence-electron chi connectivity index (χ1n) is 15.4. The lowest BCUT2D eigenvalue weighted by molar-refractivity contribution is 0.661. The summed E-state index contributed by atoms with van der Waals surface area (Å²) in [6.07, 6.45) is 3.65. The molecule has 0 atom stereocenters. The number of pyridine rings is 1. The monoisotopic (exact) mass is 578 g/mol. The largest absolute Gasteiger partial charge is 0.454 e. The maximum Gasteiger partial charge on any atom is 0.162 e. The molecule has 0 aliphatic heterocycles. The number of benzene rings is 5. The number of para-hydroxylation sites is 2. The Bertz CT molecular complexity index is 2540. The Morgan fingerprint density at radius 3 is 2.22 bits per heavy atom. The molecule has 3 heteroatoms. The Hall–Kier alpha value is -5.67. The van der Waals surface area contributed by atoms with E-state index < -0.39 is 0 Å². The molecule has 0 unspecified atom stereocenters. The Morgan fingerprint density at radius 2 is 1.42 bits per heavy atom. The van der Waals surface area contributed by atoms with Crippen LogP contribution < -0.4 is 0 Å². The van der Waals surface area contributed by atoms with Crippen LogP contribution in [0.1, 0.15) is 36.2 Å². The van der Waals surface area contributed by atoms with E-state index in [0.717, 1.165) is 50.1 Å². The number of rotatable bonds is 4. The fraction of sp³-hybridized carbons (Fsp3) is 0.0714. The van der Waals surface area contributed by atoms with Gasteiger partial charge in [-0.15, -0.1) is 0 Å². The van der Waals surface area contributed by atoms with Crippen molar-refractivity contribution in [2.45, 2.75) is 19.3 Å². The summed E-state index contributed by atoms with van der Waals surface area (Å²) < 4.78 is 8.84. The number of aromatic nitrogens is 2. The summed E-state index contributed by atoms with van der Waals surface area (Å²) in [5.41, 5.74) is 15.0. The molecule has 214 valence electrons. The highest BCUT2D eigenvalue weighted by Crippen LogP contribution is 2.51. The second kappa shape index (κ2) is 9.17. The highest BCUT2D eigenvalue weighted by Gasteiger charge is 2.36. The number of fused-ring (bicyclic) bond motifs is 9. The average Bonchev–Trinajstić information content (AvgIpc) is 3.69. The fourth-order valence-electron chi connectivity index (χ4n) is 7.61. The Kier molecular flexibility index (Phi) is 5.26. The van der Waals surface area contributed by atoms with Gasteiger partial charge in [-0.25, -0.2) is 4.98 Å². The van der Waals surface area contributed by atoms with Crippen LogP contribution in [0.15, 0.2) is 127 Å². The third-order valence-corrected chi connectivity index (χ3v) is 9.76. The summed E-state index contributed by atoms with van der Waals surface area (Å²) in [6, 6.07) is 39.2. The minimum atomic E-state index is -0.0749. The van der Waals surface area contributed by atoms with Crippen LogP contribution in [0.5, 0.6) is 0 Å². The van der Waals surface area contributed by atoms with E-state index in [2.05, 4.69) is 123 Å². The quantitative estimate of drug-likeness (QED) is 0.208. The van der Waals surface area contributed by atoms with E-state index in [1.54, 1.807) is 6.08 Å². The molecule has 45 heavy (non-hydrogen) atoms. The molecule has 0 amide bonds. The molecule has 0 fully saturated rings. The molecule has 0 spiro atoms. The molecule has 0 saturated carbocycles. The smallest absolute Gasteiger partial charge is 0.162 e. The Morgan fingerprint density at radius 1 is 0.689 bits per heavy atom. The van der Waals surface area contributed by atoms with Gasteiger partial charge in [-0.2, -0.15) is 0 Å². The maximum atomic E-state index is 6.44. The molecule has 8 aromatic rings. The molecule has 0 N–H and O–H groups in total. The van der Waals surface area contributed by atoms with E-state index in [1.165, 1.54) is 44.1 Å². The number of nitrogens with zero attached hydrogens (tertiary/aromatic N) is 2. The molecule has 1 aliphatic rings. The lowest BCUT2D eigenvalue weighted by Crippen LogP contribution is -2.14. The summed E-state index contributed by atoms with van der Waals surface area (Å²) in [5, 5.41) is 3.51. The second-order valence-corrected chi connectivity index (χ2v) is 12.5. The van der Waals surface area contributed by atoms with Crippen LogP contribution in [0.2, 0.25) is 0 Å². The molecule has 3 aromatic heterocycles. The van der Waals surface area contributed by atoms with Gasteiger partial charge >= 0.3 is 0 Å². The minimum Gasteiger partial charge on any atom is -0.454 e. The fourth-order valence-corrected chi connectivity index (χ4v) is 7.61. The van der Waals surface area contributed by atoms with E-state index >= 15 is 0 Å². The zero-order valence-corrected chi connectivity index (χ0v) is 25.3. The van der Waals surface area contributed by atoms with Gasteiger partial charge in [-0.05, 0) is 76.4 Å². The van der Waals surface area contributed by atoms with Gasteiger partial charge in [0.1, 0.15) is 11.1 Å². The van der Waals surface area contributed by atoms with Crippen molar-refractivity contribution in [3.05, 3.63) is 145 Å². The molecule has 9 rings (SSSR count). The predicted molar refractivity (Wildman–Crippen MR) is 189 cm³/mol. The first kappa shape index (κ1) is 25.8. The SMILES string of the molecule is C=Cc1nc2c(oc3ccccc32)c(-c2ccc(-n3c4ccccc4c4cc5c(cc43)C(C)(C)c3ccccc3-5)cc2)c1C=C. The van der Waals surface area contributed by atoms with Crippen LogP contribution in [0.25, 0.3) is 84.0 Å². The van der Waals surface area contributed by atoms with Gasteiger partial charge in [0, 0.05) is 38.4 Å². The van der Waals surface area contributed by atoms with E-state index in [-0.39, 0.29) is 5.41 Å². The van der Waals surface area contributed by atoms with Gasteiger partial charge in [0.25, 0.3) is 0 Å². The van der Waals surface area contributed by atoms with Crippen molar-refractivity contribution in [3.63, 3.8) is 0 Å². The number of furan rings is 1. The van der Waals surface area contributed by atoms with Crippen molar-refractivity contribution in [1.29, 1.82) is 0 Å². The van der Waals surface area contributed by atoms with Crippen LogP contribution in [-0.2, 0) is 5.41 Å². The summed E-state index contributed by atoms with van der Waals surface area (Å²) in [7, 11) is 0. The van der Waals surface area contributed by atoms with E-state index in [9.17, 15) is 0 Å². The summed E-state index contributed by atoms with van der Waals surface area (Å²) >= 11 is 0. The van der Waals surface area contributed by atoms with Crippen LogP contribution in [0.4, 0.5) is 0 Å². The normalized spacial score (nSPS) is 13.5. The Labute approximate surface area is 261 Å². The lowest BCUT2D eigenvalue weighted by Gasteiger charge is -2.21. The molecule has 5 aromatic carbocycles. The number of hydrogen-bond donors (Lipinski definition) is 0. The van der Waals surface area contributed by atoms with E-state index in [0.29, 0.717) is 0 Å². The second-order valence-electron chi connectivity index (χ2n) is 12.5.